The molecule has 0 aliphatic carbocycles. The topological polar surface area (TPSA) is 58.9 Å². The quantitative estimate of drug-likeness (QED) is 0.882. The van der Waals surface area contributed by atoms with Gasteiger partial charge < -0.3 is 5.11 Å². The average molecular weight is 236 g/mol. The van der Waals surface area contributed by atoms with Crippen LogP contribution in [0.4, 0.5) is 0 Å². The molecule has 0 aliphatic rings. The number of rotatable bonds is 3. The third kappa shape index (κ3) is 2.53. The lowest BCUT2D eigenvalue weighted by Gasteiger charge is -2.10. The normalized spacial score (nSPS) is 12.4. The lowest BCUT2D eigenvalue weighted by Crippen LogP contribution is -2.04. The van der Waals surface area contributed by atoms with Crippen LogP contribution in [-0.4, -0.2) is 20.1 Å². The second kappa shape index (κ2) is 5.01. The number of aliphatic hydroxyl groups excluding tert-OH is 1. The van der Waals surface area contributed by atoms with Crippen LogP contribution in [0.25, 0.3) is 0 Å². The van der Waals surface area contributed by atoms with Crippen LogP contribution >= 0.6 is 11.6 Å². The Morgan fingerprint density at radius 2 is 2.06 bits per heavy atom. The fourth-order valence-corrected chi connectivity index (χ4v) is 1.58. The molecule has 5 heteroatoms. The molecule has 82 valence electrons. The van der Waals surface area contributed by atoms with Crippen LogP contribution in [-0.2, 0) is 6.42 Å². The fraction of sp³-hybridized carbons (Fsp3) is 0.182. The van der Waals surface area contributed by atoms with Gasteiger partial charge in [0.2, 0.25) is 0 Å². The number of halogens is 1. The Bertz CT molecular complexity index is 464. The fourth-order valence-electron chi connectivity index (χ4n) is 1.38. The molecular weight excluding hydrogens is 226 g/mol. The molecular formula is C11H10ClN3O. The van der Waals surface area contributed by atoms with Gasteiger partial charge >= 0.3 is 0 Å². The van der Waals surface area contributed by atoms with Gasteiger partial charge in [-0.25, -0.2) is 9.97 Å². The number of nitrogens with zero attached hydrogens (tertiary/aromatic N) is 3. The summed E-state index contributed by atoms with van der Waals surface area (Å²) in [6, 6.07) is 3.46. The van der Waals surface area contributed by atoms with Gasteiger partial charge in [-0.2, -0.15) is 0 Å². The number of hydrogen-bond donors (Lipinski definition) is 1. The molecule has 0 spiro atoms. The molecule has 0 fully saturated rings. The van der Waals surface area contributed by atoms with E-state index in [1.54, 1.807) is 30.7 Å². The van der Waals surface area contributed by atoms with E-state index in [2.05, 4.69) is 15.0 Å². The average Bonchev–Trinajstić information content (AvgIpc) is 2.33. The Labute approximate surface area is 98.0 Å². The monoisotopic (exact) mass is 235 g/mol. The molecule has 2 aromatic heterocycles. The molecule has 0 bridgehead atoms. The van der Waals surface area contributed by atoms with Crippen molar-refractivity contribution < 1.29 is 5.11 Å². The van der Waals surface area contributed by atoms with E-state index in [1.807, 2.05) is 0 Å². The maximum absolute atomic E-state index is 9.93. The lowest BCUT2D eigenvalue weighted by atomic mass is 10.1. The minimum Gasteiger partial charge on any atom is -0.386 e. The van der Waals surface area contributed by atoms with Gasteiger partial charge in [-0.3, -0.25) is 4.98 Å². The Morgan fingerprint density at radius 1 is 1.25 bits per heavy atom. The standard InChI is InChI=1S/C11H10ClN3O/c12-9-6-13-3-1-8(9)5-11(16)10-2-4-14-7-15-10/h1-4,6-7,11,16H,5H2. The highest BCUT2D eigenvalue weighted by Gasteiger charge is 2.11. The molecule has 2 heterocycles. The van der Waals surface area contributed by atoms with Gasteiger partial charge in [0.1, 0.15) is 12.4 Å². The van der Waals surface area contributed by atoms with Crippen LogP contribution in [0.5, 0.6) is 0 Å². The van der Waals surface area contributed by atoms with Gasteiger partial charge in [0.15, 0.2) is 0 Å². The predicted molar refractivity (Wildman–Crippen MR) is 59.9 cm³/mol. The highest BCUT2D eigenvalue weighted by molar-refractivity contribution is 6.31. The highest BCUT2D eigenvalue weighted by atomic mass is 35.5. The second-order valence-electron chi connectivity index (χ2n) is 3.32. The summed E-state index contributed by atoms with van der Waals surface area (Å²) in [6.07, 6.45) is 5.95. The van der Waals surface area contributed by atoms with Gasteiger partial charge in [0, 0.05) is 25.0 Å². The van der Waals surface area contributed by atoms with Crippen LogP contribution in [0, 0.1) is 0 Å². The van der Waals surface area contributed by atoms with Crippen molar-refractivity contribution in [2.75, 3.05) is 0 Å². The Balaban J connectivity index is 2.14. The van der Waals surface area contributed by atoms with E-state index in [0.717, 1.165) is 5.56 Å². The first-order valence-electron chi connectivity index (χ1n) is 4.79. The van der Waals surface area contributed by atoms with Crippen molar-refractivity contribution in [3.8, 4) is 0 Å². The largest absolute Gasteiger partial charge is 0.386 e. The lowest BCUT2D eigenvalue weighted by molar-refractivity contribution is 0.173. The molecule has 0 amide bonds. The number of aliphatic hydroxyl groups is 1. The molecule has 4 nitrogen and oxygen atoms in total. The van der Waals surface area contributed by atoms with E-state index in [-0.39, 0.29) is 0 Å². The van der Waals surface area contributed by atoms with Gasteiger partial charge in [0.25, 0.3) is 0 Å². The number of pyridine rings is 1. The van der Waals surface area contributed by atoms with Crippen LogP contribution in [0.3, 0.4) is 0 Å². The van der Waals surface area contributed by atoms with E-state index in [1.165, 1.54) is 6.33 Å². The molecule has 0 aliphatic heterocycles. The van der Waals surface area contributed by atoms with E-state index in [9.17, 15) is 5.11 Å². The van der Waals surface area contributed by atoms with Gasteiger partial charge in [-0.15, -0.1) is 0 Å². The van der Waals surface area contributed by atoms with Crippen molar-refractivity contribution in [2.24, 2.45) is 0 Å². The molecule has 0 saturated heterocycles. The van der Waals surface area contributed by atoms with E-state index in [4.69, 9.17) is 11.6 Å². The second-order valence-corrected chi connectivity index (χ2v) is 3.73. The van der Waals surface area contributed by atoms with Crippen molar-refractivity contribution in [3.63, 3.8) is 0 Å². The molecule has 1 atom stereocenters. The molecule has 2 rings (SSSR count). The maximum Gasteiger partial charge on any atom is 0.115 e. The zero-order chi connectivity index (χ0) is 11.4. The molecule has 0 aromatic carbocycles. The molecule has 0 radical (unpaired) electrons. The zero-order valence-corrected chi connectivity index (χ0v) is 9.17. The Hall–Kier alpha value is -1.52. The minimum absolute atomic E-state index is 0.415. The number of aromatic nitrogens is 3. The predicted octanol–water partition coefficient (Wildman–Crippen LogP) is 1.80. The van der Waals surface area contributed by atoms with E-state index >= 15 is 0 Å². The van der Waals surface area contributed by atoms with Crippen molar-refractivity contribution in [3.05, 3.63) is 53.3 Å². The van der Waals surface area contributed by atoms with Crippen LogP contribution in [0.1, 0.15) is 17.4 Å². The molecule has 1 N–H and O–H groups in total. The Kier molecular flexibility index (Phi) is 3.44. The summed E-state index contributed by atoms with van der Waals surface area (Å²) in [6.45, 7) is 0. The third-order valence-corrected chi connectivity index (χ3v) is 2.56. The Morgan fingerprint density at radius 3 is 2.75 bits per heavy atom. The summed E-state index contributed by atoms with van der Waals surface area (Å²) in [7, 11) is 0. The van der Waals surface area contributed by atoms with E-state index < -0.39 is 6.10 Å². The van der Waals surface area contributed by atoms with E-state index in [0.29, 0.717) is 17.1 Å². The molecule has 0 saturated carbocycles. The van der Waals surface area contributed by atoms with Crippen molar-refractivity contribution in [1.29, 1.82) is 0 Å². The SMILES string of the molecule is OC(Cc1ccncc1Cl)c1ccncn1. The number of hydrogen-bond acceptors (Lipinski definition) is 4. The highest BCUT2D eigenvalue weighted by Crippen LogP contribution is 2.20. The minimum atomic E-state index is -0.678. The third-order valence-electron chi connectivity index (χ3n) is 2.22. The smallest absolute Gasteiger partial charge is 0.115 e. The van der Waals surface area contributed by atoms with Crippen LogP contribution < -0.4 is 0 Å². The zero-order valence-electron chi connectivity index (χ0n) is 8.42. The van der Waals surface area contributed by atoms with Crippen molar-refractivity contribution >= 4 is 11.6 Å². The summed E-state index contributed by atoms with van der Waals surface area (Å²) >= 11 is 5.95. The molecule has 2 aromatic rings. The molecule has 16 heavy (non-hydrogen) atoms. The summed E-state index contributed by atoms with van der Waals surface area (Å²) < 4.78 is 0. The first-order valence-corrected chi connectivity index (χ1v) is 5.17. The van der Waals surface area contributed by atoms with Crippen LogP contribution in [0.15, 0.2) is 37.1 Å². The summed E-state index contributed by atoms with van der Waals surface area (Å²) in [5.74, 6) is 0. The van der Waals surface area contributed by atoms with Gasteiger partial charge in [-0.05, 0) is 17.7 Å². The van der Waals surface area contributed by atoms with Gasteiger partial charge in [0.05, 0.1) is 10.7 Å². The van der Waals surface area contributed by atoms with Crippen molar-refractivity contribution in [2.45, 2.75) is 12.5 Å². The summed E-state index contributed by atoms with van der Waals surface area (Å²) in [5.41, 5.74) is 1.44. The first kappa shape index (κ1) is 11.0. The summed E-state index contributed by atoms with van der Waals surface area (Å²) in [4.78, 5) is 11.7. The van der Waals surface area contributed by atoms with Crippen LogP contribution in [0.2, 0.25) is 5.02 Å². The summed E-state index contributed by atoms with van der Waals surface area (Å²) in [5, 5.41) is 10.5. The first-order chi connectivity index (χ1) is 7.77. The molecule has 1 unspecified atom stereocenters. The van der Waals surface area contributed by atoms with Crippen molar-refractivity contribution in [1.82, 2.24) is 15.0 Å². The maximum atomic E-state index is 9.93. The van der Waals surface area contributed by atoms with Gasteiger partial charge in [-0.1, -0.05) is 11.6 Å².